The van der Waals surface area contributed by atoms with E-state index in [9.17, 15) is 15.3 Å². The second-order valence-electron chi connectivity index (χ2n) is 11.7. The third-order valence-electron chi connectivity index (χ3n) is 9.25. The van der Waals surface area contributed by atoms with Crippen LogP contribution in [0.5, 0.6) is 0 Å². The highest BCUT2D eigenvalue weighted by atomic mass is 32.2. The maximum Gasteiger partial charge on any atom is 0.0811 e. The minimum atomic E-state index is -0.619. The highest BCUT2D eigenvalue weighted by molar-refractivity contribution is 7.99. The van der Waals surface area contributed by atoms with Gasteiger partial charge in [0.25, 0.3) is 0 Å². The van der Waals surface area contributed by atoms with E-state index in [1.807, 2.05) is 0 Å². The van der Waals surface area contributed by atoms with Gasteiger partial charge in [-0.25, -0.2) is 0 Å². The van der Waals surface area contributed by atoms with Gasteiger partial charge in [-0.05, 0) is 91.9 Å². The number of hydrogen-bond acceptors (Lipinski definition) is 4. The number of thioether (sulfide) groups is 1. The van der Waals surface area contributed by atoms with E-state index in [-0.39, 0.29) is 0 Å². The van der Waals surface area contributed by atoms with Crippen LogP contribution in [0, 0.1) is 17.3 Å². The molecule has 4 heteroatoms. The van der Waals surface area contributed by atoms with Gasteiger partial charge in [0.05, 0.1) is 17.8 Å². The van der Waals surface area contributed by atoms with Crippen molar-refractivity contribution in [1.82, 2.24) is 0 Å². The Labute approximate surface area is 213 Å². The summed E-state index contributed by atoms with van der Waals surface area (Å²) in [6, 6.07) is 0. The highest BCUT2D eigenvalue weighted by Crippen LogP contribution is 2.59. The molecular weight excluding hydrogens is 440 g/mol. The zero-order chi connectivity index (χ0) is 24.9. The quantitative estimate of drug-likeness (QED) is 0.309. The molecule has 34 heavy (non-hydrogen) atoms. The monoisotopic (exact) mass is 490 g/mol. The van der Waals surface area contributed by atoms with Crippen LogP contribution < -0.4 is 0 Å². The molecule has 0 spiro atoms. The molecule has 3 N–H and O–H groups in total. The lowest BCUT2D eigenvalue weighted by molar-refractivity contribution is 0.0187. The average molecular weight is 491 g/mol. The molecule has 3 fully saturated rings. The van der Waals surface area contributed by atoms with Gasteiger partial charge in [-0.2, -0.15) is 11.8 Å². The number of allylic oxidation sites excluding steroid dienone is 3. The van der Waals surface area contributed by atoms with E-state index in [0.29, 0.717) is 29.4 Å². The molecule has 3 aliphatic rings. The van der Waals surface area contributed by atoms with Gasteiger partial charge in [0.1, 0.15) is 0 Å². The van der Waals surface area contributed by atoms with Crippen molar-refractivity contribution in [3.05, 3.63) is 35.5 Å². The van der Waals surface area contributed by atoms with Crippen LogP contribution in [0.4, 0.5) is 0 Å². The lowest BCUT2D eigenvalue weighted by atomic mass is 9.63. The Balaban J connectivity index is 1.65. The normalized spacial score (nSPS) is 35.7. The predicted molar refractivity (Wildman–Crippen MR) is 146 cm³/mol. The molecule has 1 unspecified atom stereocenters. The van der Waals surface area contributed by atoms with Crippen molar-refractivity contribution in [2.24, 2.45) is 17.3 Å². The maximum atomic E-state index is 11.0. The Morgan fingerprint density at radius 2 is 1.85 bits per heavy atom. The minimum Gasteiger partial charge on any atom is -0.393 e. The Kier molecular flexibility index (Phi) is 10.00. The van der Waals surface area contributed by atoms with Gasteiger partial charge in [0.2, 0.25) is 0 Å². The van der Waals surface area contributed by atoms with Crippen LogP contribution in [-0.2, 0) is 0 Å². The third kappa shape index (κ3) is 6.41. The van der Waals surface area contributed by atoms with E-state index in [1.165, 1.54) is 25.7 Å². The number of rotatable bonds is 10. The predicted octanol–water partition coefficient (Wildman–Crippen LogP) is 6.97. The molecule has 0 aromatic rings. The van der Waals surface area contributed by atoms with Crippen molar-refractivity contribution in [3.8, 4) is 0 Å². The van der Waals surface area contributed by atoms with Crippen LogP contribution in [0.15, 0.2) is 35.5 Å². The zero-order valence-electron chi connectivity index (χ0n) is 22.2. The van der Waals surface area contributed by atoms with E-state index in [4.69, 9.17) is 0 Å². The number of fused-ring (bicyclic) bond motifs is 1. The van der Waals surface area contributed by atoms with Gasteiger partial charge >= 0.3 is 0 Å². The molecule has 0 heterocycles. The lowest BCUT2D eigenvalue weighted by Gasteiger charge is -2.44. The van der Waals surface area contributed by atoms with Crippen LogP contribution >= 0.6 is 11.8 Å². The second kappa shape index (κ2) is 12.1. The molecule has 0 bridgehead atoms. The third-order valence-corrected chi connectivity index (χ3v) is 10.5. The summed E-state index contributed by atoms with van der Waals surface area (Å²) in [5, 5.41) is 31.9. The number of aliphatic hydroxyl groups excluding tert-OH is 2. The van der Waals surface area contributed by atoms with Gasteiger partial charge in [0.15, 0.2) is 0 Å². The molecule has 0 aliphatic heterocycles. The number of aliphatic hydroxyl groups is 3. The smallest absolute Gasteiger partial charge is 0.0811 e. The lowest BCUT2D eigenvalue weighted by Crippen LogP contribution is -2.37. The summed E-state index contributed by atoms with van der Waals surface area (Å²) in [5.41, 5.74) is 3.22. The SMILES string of the molecule is C=C1/C(=C\C=C2/CCC[C@]3(C)[C@@H](C(C)SCCC(O)(CCC)CCC)CC[C@@H]23)C[C@@H](O)C[C@@H]1O. The first kappa shape index (κ1) is 28.0. The summed E-state index contributed by atoms with van der Waals surface area (Å²) in [7, 11) is 0. The topological polar surface area (TPSA) is 60.7 Å². The molecule has 3 saturated carbocycles. The molecule has 0 aromatic carbocycles. The first-order chi connectivity index (χ1) is 16.1. The van der Waals surface area contributed by atoms with Gasteiger partial charge in [-0.3, -0.25) is 0 Å². The van der Waals surface area contributed by atoms with Crippen molar-refractivity contribution >= 4 is 11.8 Å². The van der Waals surface area contributed by atoms with Crippen molar-refractivity contribution in [2.75, 3.05) is 5.75 Å². The molecule has 3 nitrogen and oxygen atoms in total. The maximum absolute atomic E-state index is 11.0. The van der Waals surface area contributed by atoms with Crippen LogP contribution in [-0.4, -0.2) is 44.1 Å². The van der Waals surface area contributed by atoms with E-state index < -0.39 is 17.8 Å². The summed E-state index contributed by atoms with van der Waals surface area (Å²) in [4.78, 5) is 0. The molecular formula is C30H50O3S. The first-order valence-electron chi connectivity index (χ1n) is 13.9. The van der Waals surface area contributed by atoms with E-state index in [0.717, 1.165) is 61.3 Å². The van der Waals surface area contributed by atoms with Crippen molar-refractivity contribution < 1.29 is 15.3 Å². The molecule has 3 aliphatic carbocycles. The van der Waals surface area contributed by atoms with Crippen molar-refractivity contribution in [3.63, 3.8) is 0 Å². The molecule has 0 amide bonds. The highest BCUT2D eigenvalue weighted by Gasteiger charge is 2.50. The fourth-order valence-corrected chi connectivity index (χ4v) is 8.92. The molecule has 0 saturated heterocycles. The standard InChI is InChI=1S/C30H50O3S/c1-6-14-30(33,15-7-2)17-18-34-22(4)26-12-13-27-23(9-8-16-29(26,27)5)10-11-24-19-25(31)20-28(32)21(24)3/h10-11,22,25-28,31-33H,3,6-9,12-20H2,1-2,4-5H3/b23-10+,24-11-/t22?,25-,26-,27+,28+,29-/m1/s1. The molecule has 3 rings (SSSR count). The largest absolute Gasteiger partial charge is 0.393 e. The summed E-state index contributed by atoms with van der Waals surface area (Å²) in [6.45, 7) is 13.4. The fraction of sp³-hybridized carbons (Fsp3) is 0.800. The Morgan fingerprint density at radius 1 is 1.15 bits per heavy atom. The first-order valence-corrected chi connectivity index (χ1v) is 15.0. The number of hydrogen-bond donors (Lipinski definition) is 3. The van der Waals surface area contributed by atoms with E-state index in [1.54, 1.807) is 5.57 Å². The van der Waals surface area contributed by atoms with E-state index >= 15 is 0 Å². The van der Waals surface area contributed by atoms with Crippen LogP contribution in [0.25, 0.3) is 0 Å². The zero-order valence-corrected chi connectivity index (χ0v) is 23.0. The summed E-state index contributed by atoms with van der Waals surface area (Å²) < 4.78 is 0. The van der Waals surface area contributed by atoms with Crippen molar-refractivity contribution in [1.29, 1.82) is 0 Å². The Hall–Kier alpha value is -0.550. The summed E-state index contributed by atoms with van der Waals surface area (Å²) >= 11 is 2.09. The van der Waals surface area contributed by atoms with Crippen LogP contribution in [0.1, 0.15) is 105 Å². The second-order valence-corrected chi connectivity index (χ2v) is 13.2. The Morgan fingerprint density at radius 3 is 2.53 bits per heavy atom. The molecule has 6 atom stereocenters. The van der Waals surface area contributed by atoms with Gasteiger partial charge in [-0.1, -0.05) is 64.8 Å². The van der Waals surface area contributed by atoms with Crippen molar-refractivity contribution in [2.45, 2.75) is 128 Å². The summed E-state index contributed by atoms with van der Waals surface area (Å²) in [5.74, 6) is 2.41. The molecule has 0 aromatic heterocycles. The molecule has 0 radical (unpaired) electrons. The molecule has 194 valence electrons. The van der Waals surface area contributed by atoms with Gasteiger partial charge < -0.3 is 15.3 Å². The fourth-order valence-electron chi connectivity index (χ4n) is 7.37. The van der Waals surface area contributed by atoms with E-state index in [2.05, 4.69) is 58.2 Å². The Bertz CT molecular complexity index is 750. The van der Waals surface area contributed by atoms with Gasteiger partial charge in [-0.15, -0.1) is 0 Å². The van der Waals surface area contributed by atoms with Crippen LogP contribution in [0.3, 0.4) is 0 Å². The minimum absolute atomic E-state index is 0.348. The van der Waals surface area contributed by atoms with Crippen LogP contribution in [0.2, 0.25) is 0 Å². The summed E-state index contributed by atoms with van der Waals surface area (Å²) in [6.07, 6.45) is 15.5. The van der Waals surface area contributed by atoms with Gasteiger partial charge in [0, 0.05) is 11.7 Å². The average Bonchev–Trinajstić information content (AvgIpc) is 3.13.